The lowest BCUT2D eigenvalue weighted by Gasteiger charge is -2.11. The Bertz CT molecular complexity index is 237. The molecule has 0 saturated heterocycles. The summed E-state index contributed by atoms with van der Waals surface area (Å²) in [5, 5.41) is 3.01. The molecule has 2 aliphatic rings. The monoisotopic (exact) mass is 193 g/mol. The zero-order chi connectivity index (χ0) is 9.97. The summed E-state index contributed by atoms with van der Waals surface area (Å²) in [6, 6.07) is 0. The maximum Gasteiger partial charge on any atom is 0.223 e. The Morgan fingerprint density at radius 3 is 2.71 bits per heavy atom. The molecule has 0 aromatic rings. The predicted molar refractivity (Wildman–Crippen MR) is 56.8 cm³/mol. The van der Waals surface area contributed by atoms with Crippen molar-refractivity contribution in [3.63, 3.8) is 0 Å². The number of carbonyl (C=O) groups is 1. The van der Waals surface area contributed by atoms with Crippen LogP contribution >= 0.6 is 0 Å². The maximum absolute atomic E-state index is 11.6. The molecule has 0 aromatic heterocycles. The Labute approximate surface area is 85.8 Å². The molecule has 14 heavy (non-hydrogen) atoms. The lowest BCUT2D eigenvalue weighted by atomic mass is 10.0. The second kappa shape index (κ2) is 4.16. The Morgan fingerprint density at radius 1 is 1.36 bits per heavy atom. The number of fused-ring (bicyclic) bond motifs is 1. The van der Waals surface area contributed by atoms with E-state index < -0.39 is 0 Å². The molecule has 0 spiro atoms. The molecule has 2 heteroatoms. The Morgan fingerprint density at radius 2 is 2.07 bits per heavy atom. The maximum atomic E-state index is 11.6. The largest absolute Gasteiger partial charge is 0.356 e. The van der Waals surface area contributed by atoms with Gasteiger partial charge in [-0.2, -0.15) is 0 Å². The van der Waals surface area contributed by atoms with E-state index in [0.29, 0.717) is 11.8 Å². The van der Waals surface area contributed by atoms with Crippen LogP contribution in [0.25, 0.3) is 0 Å². The molecule has 2 aliphatic carbocycles. The molecule has 2 saturated carbocycles. The lowest BCUT2D eigenvalue weighted by Crippen LogP contribution is -2.30. The minimum Gasteiger partial charge on any atom is -0.356 e. The van der Waals surface area contributed by atoms with E-state index in [1.165, 1.54) is 6.42 Å². The first-order chi connectivity index (χ1) is 6.81. The standard InChI is InChI=1S/C12H19NO/c1-2-3-4-5-13-12(14)11-7-9-6-10(9)8-11/h2-3,9-11H,4-8H2,1H3,(H,13,14)/b3-2+. The minimum atomic E-state index is 0.293. The SMILES string of the molecule is C/C=C/CCNC(=O)C1CC2CC2C1. The van der Waals surface area contributed by atoms with Gasteiger partial charge >= 0.3 is 0 Å². The minimum absolute atomic E-state index is 0.293. The van der Waals surface area contributed by atoms with Crippen LogP contribution in [0.4, 0.5) is 0 Å². The molecule has 2 unspecified atom stereocenters. The molecular formula is C12H19NO. The molecule has 2 atom stereocenters. The van der Waals surface area contributed by atoms with Crippen molar-refractivity contribution in [2.45, 2.75) is 32.6 Å². The van der Waals surface area contributed by atoms with Crippen LogP contribution in [0.1, 0.15) is 32.6 Å². The zero-order valence-electron chi connectivity index (χ0n) is 8.83. The number of hydrogen-bond acceptors (Lipinski definition) is 1. The van der Waals surface area contributed by atoms with Gasteiger partial charge in [0.15, 0.2) is 0 Å². The average Bonchev–Trinajstić information content (AvgIpc) is 2.80. The number of rotatable bonds is 4. The Hall–Kier alpha value is -0.790. The summed E-state index contributed by atoms with van der Waals surface area (Å²) in [6.07, 6.45) is 8.77. The van der Waals surface area contributed by atoms with Gasteiger partial charge in [-0.1, -0.05) is 12.2 Å². The number of nitrogens with one attached hydrogen (secondary N) is 1. The predicted octanol–water partition coefficient (Wildman–Crippen LogP) is 2.11. The molecule has 1 amide bonds. The molecule has 0 bridgehead atoms. The number of allylic oxidation sites excluding steroid dienone is 1. The van der Waals surface area contributed by atoms with Gasteiger partial charge in [-0.3, -0.25) is 4.79 Å². The van der Waals surface area contributed by atoms with Crippen LogP contribution in [0.5, 0.6) is 0 Å². The highest BCUT2D eigenvalue weighted by Gasteiger charge is 2.47. The summed E-state index contributed by atoms with van der Waals surface area (Å²) in [6.45, 7) is 2.81. The highest BCUT2D eigenvalue weighted by molar-refractivity contribution is 5.79. The highest BCUT2D eigenvalue weighted by Crippen LogP contribution is 2.54. The molecule has 0 aromatic carbocycles. The molecule has 0 heterocycles. The van der Waals surface area contributed by atoms with Crippen LogP contribution in [0.2, 0.25) is 0 Å². The topological polar surface area (TPSA) is 29.1 Å². The fraction of sp³-hybridized carbons (Fsp3) is 0.750. The summed E-state index contributed by atoms with van der Waals surface area (Å²) in [5.41, 5.74) is 0. The zero-order valence-corrected chi connectivity index (χ0v) is 8.83. The number of carbonyl (C=O) groups excluding carboxylic acids is 1. The van der Waals surface area contributed by atoms with Gasteiger partial charge in [-0.25, -0.2) is 0 Å². The van der Waals surface area contributed by atoms with Crippen molar-refractivity contribution in [1.82, 2.24) is 5.32 Å². The van der Waals surface area contributed by atoms with Crippen LogP contribution in [0, 0.1) is 17.8 Å². The molecule has 78 valence electrons. The molecule has 2 fully saturated rings. The fourth-order valence-electron chi connectivity index (χ4n) is 2.52. The Kier molecular flexibility index (Phi) is 2.90. The third-order valence-corrected chi connectivity index (χ3v) is 3.46. The molecular weight excluding hydrogens is 174 g/mol. The van der Waals surface area contributed by atoms with Gasteiger partial charge < -0.3 is 5.32 Å². The van der Waals surface area contributed by atoms with Crippen LogP contribution in [-0.2, 0) is 4.79 Å². The molecule has 0 aliphatic heterocycles. The average molecular weight is 193 g/mol. The van der Waals surface area contributed by atoms with Crippen molar-refractivity contribution >= 4 is 5.91 Å². The summed E-state index contributed by atoms with van der Waals surface area (Å²) in [5.74, 6) is 2.44. The van der Waals surface area contributed by atoms with E-state index in [9.17, 15) is 4.79 Å². The second-order valence-electron chi connectivity index (χ2n) is 4.57. The molecule has 2 nitrogen and oxygen atoms in total. The van der Waals surface area contributed by atoms with E-state index >= 15 is 0 Å². The third-order valence-electron chi connectivity index (χ3n) is 3.46. The van der Waals surface area contributed by atoms with Gasteiger partial charge in [0.1, 0.15) is 0 Å². The van der Waals surface area contributed by atoms with Crippen molar-refractivity contribution in [2.75, 3.05) is 6.54 Å². The van der Waals surface area contributed by atoms with Crippen LogP contribution in [-0.4, -0.2) is 12.5 Å². The number of hydrogen-bond donors (Lipinski definition) is 1. The van der Waals surface area contributed by atoms with Gasteiger partial charge in [0.05, 0.1) is 0 Å². The van der Waals surface area contributed by atoms with E-state index in [0.717, 1.165) is 37.6 Å². The van der Waals surface area contributed by atoms with Crippen LogP contribution in [0.3, 0.4) is 0 Å². The number of amides is 1. The van der Waals surface area contributed by atoms with E-state index in [2.05, 4.69) is 11.4 Å². The quantitative estimate of drug-likeness (QED) is 0.537. The molecule has 1 N–H and O–H groups in total. The van der Waals surface area contributed by atoms with E-state index in [1.54, 1.807) is 0 Å². The van der Waals surface area contributed by atoms with E-state index in [-0.39, 0.29) is 0 Å². The summed E-state index contributed by atoms with van der Waals surface area (Å²) >= 11 is 0. The molecule has 2 rings (SSSR count). The van der Waals surface area contributed by atoms with Gasteiger partial charge in [-0.05, 0) is 44.4 Å². The first kappa shape index (κ1) is 9.75. The van der Waals surface area contributed by atoms with E-state index in [4.69, 9.17) is 0 Å². The van der Waals surface area contributed by atoms with E-state index in [1.807, 2.05) is 13.0 Å². The van der Waals surface area contributed by atoms with Crippen LogP contribution < -0.4 is 5.32 Å². The van der Waals surface area contributed by atoms with Gasteiger partial charge in [-0.15, -0.1) is 0 Å². The highest BCUT2D eigenvalue weighted by atomic mass is 16.1. The van der Waals surface area contributed by atoms with Crippen molar-refractivity contribution < 1.29 is 4.79 Å². The third kappa shape index (κ3) is 2.17. The first-order valence-electron chi connectivity index (χ1n) is 5.70. The summed E-state index contributed by atoms with van der Waals surface area (Å²) in [7, 11) is 0. The fourth-order valence-corrected chi connectivity index (χ4v) is 2.52. The van der Waals surface area contributed by atoms with Crippen molar-refractivity contribution in [3.8, 4) is 0 Å². The summed E-state index contributed by atoms with van der Waals surface area (Å²) < 4.78 is 0. The van der Waals surface area contributed by atoms with Gasteiger partial charge in [0, 0.05) is 12.5 Å². The van der Waals surface area contributed by atoms with Crippen molar-refractivity contribution in [1.29, 1.82) is 0 Å². The van der Waals surface area contributed by atoms with Gasteiger partial charge in [0.2, 0.25) is 5.91 Å². The van der Waals surface area contributed by atoms with Crippen LogP contribution in [0.15, 0.2) is 12.2 Å². The smallest absolute Gasteiger partial charge is 0.223 e. The lowest BCUT2D eigenvalue weighted by molar-refractivity contribution is -0.125. The second-order valence-corrected chi connectivity index (χ2v) is 4.57. The molecule has 0 radical (unpaired) electrons. The van der Waals surface area contributed by atoms with Crippen molar-refractivity contribution in [2.24, 2.45) is 17.8 Å². The van der Waals surface area contributed by atoms with Crippen molar-refractivity contribution in [3.05, 3.63) is 12.2 Å². The Balaban J connectivity index is 1.63. The first-order valence-corrected chi connectivity index (χ1v) is 5.70. The van der Waals surface area contributed by atoms with Gasteiger partial charge in [0.25, 0.3) is 0 Å². The normalized spacial score (nSPS) is 34.5. The summed E-state index contributed by atoms with van der Waals surface area (Å²) in [4.78, 5) is 11.6.